The lowest BCUT2D eigenvalue weighted by atomic mass is 9.72. The number of aromatic nitrogens is 2. The van der Waals surface area contributed by atoms with E-state index in [2.05, 4.69) is 34.3 Å². The van der Waals surface area contributed by atoms with E-state index >= 15 is 0 Å². The fourth-order valence-corrected chi connectivity index (χ4v) is 4.64. The number of aromatic amines is 2. The summed E-state index contributed by atoms with van der Waals surface area (Å²) in [4.78, 5) is 29.8. The Bertz CT molecular complexity index is 944. The van der Waals surface area contributed by atoms with Crippen molar-refractivity contribution in [2.75, 3.05) is 0 Å². The molecule has 2 aromatic rings. The molecule has 2 aliphatic carbocycles. The molecule has 1 aromatic heterocycles. The molecule has 1 fully saturated rings. The number of benzene rings is 1. The molecular formula is C23H26N2O2. The molecule has 2 N–H and O–H groups in total. The molecule has 1 atom stereocenters. The van der Waals surface area contributed by atoms with Crippen molar-refractivity contribution in [1.82, 2.24) is 9.97 Å². The highest BCUT2D eigenvalue weighted by molar-refractivity contribution is 5.29. The molecule has 0 saturated heterocycles. The van der Waals surface area contributed by atoms with Crippen LogP contribution in [0.5, 0.6) is 0 Å². The van der Waals surface area contributed by atoms with Gasteiger partial charge in [-0.1, -0.05) is 54.6 Å². The molecule has 2 aliphatic rings. The van der Waals surface area contributed by atoms with Gasteiger partial charge in [-0.2, -0.15) is 0 Å². The van der Waals surface area contributed by atoms with Gasteiger partial charge in [0.2, 0.25) is 0 Å². The fraction of sp³-hybridized carbons (Fsp3) is 0.391. The highest BCUT2D eigenvalue weighted by Gasteiger charge is 2.29. The molecule has 0 aliphatic heterocycles. The summed E-state index contributed by atoms with van der Waals surface area (Å²) in [6.45, 7) is 0. The first-order chi connectivity index (χ1) is 13.2. The van der Waals surface area contributed by atoms with E-state index < -0.39 is 5.69 Å². The first kappa shape index (κ1) is 17.8. The van der Waals surface area contributed by atoms with Crippen LogP contribution in [0.4, 0.5) is 0 Å². The Balaban J connectivity index is 1.55. The van der Waals surface area contributed by atoms with Crippen LogP contribution in [-0.4, -0.2) is 9.97 Å². The highest BCUT2D eigenvalue weighted by Crippen LogP contribution is 2.40. The van der Waals surface area contributed by atoms with Crippen molar-refractivity contribution in [2.24, 2.45) is 11.8 Å². The van der Waals surface area contributed by atoms with E-state index in [1.807, 2.05) is 30.3 Å². The van der Waals surface area contributed by atoms with Crippen LogP contribution in [0.2, 0.25) is 0 Å². The molecule has 1 heterocycles. The summed E-state index contributed by atoms with van der Waals surface area (Å²) >= 11 is 0. The van der Waals surface area contributed by atoms with Crippen LogP contribution >= 0.6 is 0 Å². The fourth-order valence-electron chi connectivity index (χ4n) is 4.64. The van der Waals surface area contributed by atoms with Crippen LogP contribution in [0.3, 0.4) is 0 Å². The standard InChI is InChI=1S/C23H26N2O2/c26-22-20(15-16-7-3-1-4-8-16)21(24-23(27)25-22)19-13-11-18(12-14-19)17-9-5-2-6-10-17/h1-9,17-19H,10-15H2,(H2,24,25,26,27)/t17?,18-,19-. The van der Waals surface area contributed by atoms with Gasteiger partial charge in [-0.3, -0.25) is 9.78 Å². The van der Waals surface area contributed by atoms with Gasteiger partial charge >= 0.3 is 5.69 Å². The van der Waals surface area contributed by atoms with Crippen LogP contribution < -0.4 is 11.2 Å². The smallest absolute Gasteiger partial charge is 0.311 e. The molecule has 1 saturated carbocycles. The van der Waals surface area contributed by atoms with Gasteiger partial charge in [0.1, 0.15) is 0 Å². The van der Waals surface area contributed by atoms with Crippen LogP contribution in [-0.2, 0) is 6.42 Å². The van der Waals surface area contributed by atoms with E-state index in [1.165, 1.54) is 0 Å². The lowest BCUT2D eigenvalue weighted by Crippen LogP contribution is -2.31. The van der Waals surface area contributed by atoms with Crippen LogP contribution in [0.25, 0.3) is 0 Å². The number of H-pyrrole nitrogens is 2. The normalized spacial score (nSPS) is 24.8. The number of nitrogens with one attached hydrogen (secondary N) is 2. The molecule has 4 nitrogen and oxygen atoms in total. The summed E-state index contributed by atoms with van der Waals surface area (Å²) in [5.74, 6) is 1.60. The lowest BCUT2D eigenvalue weighted by molar-refractivity contribution is 0.262. The molecule has 0 radical (unpaired) electrons. The maximum atomic E-state index is 12.5. The molecule has 1 unspecified atom stereocenters. The molecule has 27 heavy (non-hydrogen) atoms. The maximum Gasteiger partial charge on any atom is 0.325 e. The van der Waals surface area contributed by atoms with Gasteiger partial charge in [-0.25, -0.2) is 4.79 Å². The second-order valence-electron chi connectivity index (χ2n) is 7.79. The first-order valence-corrected chi connectivity index (χ1v) is 9.93. The van der Waals surface area contributed by atoms with Crippen molar-refractivity contribution in [3.8, 4) is 0 Å². The van der Waals surface area contributed by atoms with E-state index in [0.29, 0.717) is 23.8 Å². The Morgan fingerprint density at radius 1 is 0.926 bits per heavy atom. The van der Waals surface area contributed by atoms with Gasteiger partial charge in [0.15, 0.2) is 0 Å². The summed E-state index contributed by atoms with van der Waals surface area (Å²) in [7, 11) is 0. The minimum atomic E-state index is -0.394. The largest absolute Gasteiger partial charge is 0.325 e. The highest BCUT2D eigenvalue weighted by atomic mass is 16.2. The topological polar surface area (TPSA) is 65.7 Å². The molecule has 0 spiro atoms. The molecule has 0 bridgehead atoms. The number of rotatable bonds is 4. The molecule has 0 amide bonds. The van der Waals surface area contributed by atoms with Gasteiger partial charge in [0.05, 0.1) is 0 Å². The SMILES string of the molecule is O=c1[nH]c(=O)c(Cc2ccccc2)c([C@H]2CC[C@H](C3C=CC=CC3)CC2)[nH]1. The van der Waals surface area contributed by atoms with Crippen LogP contribution in [0.15, 0.2) is 64.2 Å². The van der Waals surface area contributed by atoms with E-state index in [0.717, 1.165) is 43.4 Å². The second kappa shape index (κ2) is 7.95. The van der Waals surface area contributed by atoms with Crippen LogP contribution in [0, 0.1) is 11.8 Å². The monoisotopic (exact) mass is 362 g/mol. The molecular weight excluding hydrogens is 336 g/mol. The summed E-state index contributed by atoms with van der Waals surface area (Å²) in [5, 5.41) is 0. The van der Waals surface area contributed by atoms with E-state index in [9.17, 15) is 9.59 Å². The van der Waals surface area contributed by atoms with E-state index in [1.54, 1.807) is 0 Å². The van der Waals surface area contributed by atoms with Crippen molar-refractivity contribution >= 4 is 0 Å². The van der Waals surface area contributed by atoms with Gasteiger partial charge in [0.25, 0.3) is 5.56 Å². The Morgan fingerprint density at radius 3 is 2.41 bits per heavy atom. The maximum absolute atomic E-state index is 12.5. The first-order valence-electron chi connectivity index (χ1n) is 9.93. The van der Waals surface area contributed by atoms with Crippen molar-refractivity contribution in [1.29, 1.82) is 0 Å². The summed E-state index contributed by atoms with van der Waals surface area (Å²) in [5.41, 5.74) is 2.01. The predicted octanol–water partition coefficient (Wildman–Crippen LogP) is 4.06. The third-order valence-corrected chi connectivity index (χ3v) is 6.10. The summed E-state index contributed by atoms with van der Waals surface area (Å²) in [6.07, 6.45) is 14.9. The number of allylic oxidation sites excluding steroid dienone is 4. The second-order valence-corrected chi connectivity index (χ2v) is 7.79. The van der Waals surface area contributed by atoms with Crippen molar-refractivity contribution < 1.29 is 0 Å². The van der Waals surface area contributed by atoms with E-state index in [4.69, 9.17) is 0 Å². The third kappa shape index (κ3) is 4.05. The van der Waals surface area contributed by atoms with Gasteiger partial charge < -0.3 is 4.98 Å². The minimum Gasteiger partial charge on any atom is -0.311 e. The van der Waals surface area contributed by atoms with E-state index in [-0.39, 0.29) is 11.5 Å². The van der Waals surface area contributed by atoms with Crippen molar-refractivity contribution in [2.45, 2.75) is 44.4 Å². The zero-order valence-electron chi connectivity index (χ0n) is 15.5. The van der Waals surface area contributed by atoms with Crippen molar-refractivity contribution in [3.63, 3.8) is 0 Å². The minimum absolute atomic E-state index is 0.250. The Morgan fingerprint density at radius 2 is 1.70 bits per heavy atom. The average Bonchev–Trinajstić information content (AvgIpc) is 2.71. The lowest BCUT2D eigenvalue weighted by Gasteiger charge is -2.33. The Hall–Kier alpha value is -2.62. The van der Waals surface area contributed by atoms with Crippen molar-refractivity contribution in [3.05, 3.63) is 92.3 Å². The number of hydrogen-bond acceptors (Lipinski definition) is 2. The predicted molar refractivity (Wildman–Crippen MR) is 108 cm³/mol. The van der Waals surface area contributed by atoms with Crippen LogP contribution in [0.1, 0.15) is 54.8 Å². The van der Waals surface area contributed by atoms with Gasteiger partial charge in [-0.05, 0) is 55.4 Å². The van der Waals surface area contributed by atoms with Gasteiger partial charge in [0, 0.05) is 17.7 Å². The molecule has 4 heteroatoms. The zero-order chi connectivity index (χ0) is 18.6. The third-order valence-electron chi connectivity index (χ3n) is 6.10. The van der Waals surface area contributed by atoms with Gasteiger partial charge in [-0.15, -0.1) is 0 Å². The molecule has 1 aromatic carbocycles. The summed E-state index contributed by atoms with van der Waals surface area (Å²) < 4.78 is 0. The molecule has 140 valence electrons. The Labute approximate surface area is 159 Å². The number of hydrogen-bond donors (Lipinski definition) is 2. The average molecular weight is 362 g/mol. The zero-order valence-corrected chi connectivity index (χ0v) is 15.5. The summed E-state index contributed by atoms with van der Waals surface area (Å²) in [6, 6.07) is 9.97. The molecule has 4 rings (SSSR count). The Kier molecular flexibility index (Phi) is 5.23. The quantitative estimate of drug-likeness (QED) is 0.861.